The van der Waals surface area contributed by atoms with E-state index in [4.69, 9.17) is 4.74 Å². The van der Waals surface area contributed by atoms with E-state index < -0.39 is 30.4 Å². The summed E-state index contributed by atoms with van der Waals surface area (Å²) >= 11 is 0. The van der Waals surface area contributed by atoms with Gasteiger partial charge in [-0.05, 0) is 63.4 Å². The summed E-state index contributed by atoms with van der Waals surface area (Å²) in [4.78, 5) is 2.27. The fourth-order valence-electron chi connectivity index (χ4n) is 4.00. The molecule has 2 aliphatic rings. The zero-order chi connectivity index (χ0) is 21.7. The van der Waals surface area contributed by atoms with E-state index in [2.05, 4.69) is 9.62 Å². The molecule has 1 N–H and O–H groups in total. The van der Waals surface area contributed by atoms with Crippen molar-refractivity contribution in [3.8, 4) is 11.5 Å². The fourth-order valence-corrected chi connectivity index (χ4v) is 6.80. The Morgan fingerprint density at radius 3 is 2.57 bits per heavy atom. The van der Waals surface area contributed by atoms with E-state index in [1.54, 1.807) is 57.2 Å². The summed E-state index contributed by atoms with van der Waals surface area (Å²) in [5, 5.41) is -1.15. The van der Waals surface area contributed by atoms with E-state index in [0.717, 1.165) is 19.4 Å². The molecule has 2 aromatic rings. The number of hydrogen-bond acceptors (Lipinski definition) is 6. The highest BCUT2D eigenvalue weighted by molar-refractivity contribution is 7.92. The Hall–Kier alpha value is -2.10. The molecule has 2 unspecified atom stereocenters. The molecule has 2 aliphatic heterocycles. The van der Waals surface area contributed by atoms with Crippen molar-refractivity contribution >= 4 is 25.5 Å². The third kappa shape index (κ3) is 3.70. The van der Waals surface area contributed by atoms with Gasteiger partial charge in [0.1, 0.15) is 16.4 Å². The first-order valence-corrected chi connectivity index (χ1v) is 13.1. The van der Waals surface area contributed by atoms with Crippen LogP contribution in [0.3, 0.4) is 0 Å². The van der Waals surface area contributed by atoms with Crippen molar-refractivity contribution in [2.24, 2.45) is 0 Å². The first-order chi connectivity index (χ1) is 14.1. The molecule has 0 amide bonds. The van der Waals surface area contributed by atoms with Crippen LogP contribution >= 0.6 is 0 Å². The average molecular weight is 451 g/mol. The van der Waals surface area contributed by atoms with E-state index >= 15 is 0 Å². The Labute approximate surface area is 178 Å². The van der Waals surface area contributed by atoms with Gasteiger partial charge in [0.15, 0.2) is 9.84 Å². The third-order valence-corrected chi connectivity index (χ3v) is 9.85. The lowest BCUT2D eigenvalue weighted by Crippen LogP contribution is -2.48. The van der Waals surface area contributed by atoms with Gasteiger partial charge in [0.25, 0.3) is 0 Å². The highest BCUT2D eigenvalue weighted by Gasteiger charge is 2.37. The zero-order valence-corrected chi connectivity index (χ0v) is 18.8. The van der Waals surface area contributed by atoms with Crippen molar-refractivity contribution in [3.63, 3.8) is 0 Å². The summed E-state index contributed by atoms with van der Waals surface area (Å²) in [6.07, 6.45) is 1.55. The molecule has 162 valence electrons. The second kappa shape index (κ2) is 7.55. The highest BCUT2D eigenvalue weighted by Crippen LogP contribution is 2.38. The predicted octanol–water partition coefficient (Wildman–Crippen LogP) is 3.58. The van der Waals surface area contributed by atoms with Gasteiger partial charge in [-0.25, -0.2) is 16.8 Å². The summed E-state index contributed by atoms with van der Waals surface area (Å²) in [5.41, 5.74) is 1.32. The average Bonchev–Trinajstić information content (AvgIpc) is 3.15. The molecule has 7 nitrogen and oxygen atoms in total. The maximum Gasteiger partial charge on any atom is 0.244 e. The molecule has 4 rings (SSSR count). The molecule has 0 spiro atoms. The number of sulfonamides is 1. The van der Waals surface area contributed by atoms with Crippen LogP contribution in [0, 0.1) is 0 Å². The van der Waals surface area contributed by atoms with Crippen LogP contribution in [0.1, 0.15) is 44.4 Å². The van der Waals surface area contributed by atoms with E-state index in [1.165, 1.54) is 6.07 Å². The SMILES string of the molecule is CC(C)S(=O)(=O)C(C)c1cccc(Oc2ccc3c(c2)S(=O)(=O)NC2CCCN32)c1. The van der Waals surface area contributed by atoms with Crippen LogP contribution in [-0.4, -0.2) is 34.8 Å². The summed E-state index contributed by atoms with van der Waals surface area (Å²) in [7, 11) is -6.92. The first-order valence-electron chi connectivity index (χ1n) is 10.0. The minimum Gasteiger partial charge on any atom is -0.457 e. The van der Waals surface area contributed by atoms with Gasteiger partial charge >= 0.3 is 0 Å². The number of sulfone groups is 1. The second-order valence-corrected chi connectivity index (χ2v) is 12.6. The van der Waals surface area contributed by atoms with E-state index in [0.29, 0.717) is 22.7 Å². The molecular formula is C21H26N2O5S2. The smallest absolute Gasteiger partial charge is 0.244 e. The van der Waals surface area contributed by atoms with Crippen LogP contribution in [0.15, 0.2) is 47.4 Å². The molecule has 2 aromatic carbocycles. The van der Waals surface area contributed by atoms with Crippen LogP contribution in [0.4, 0.5) is 5.69 Å². The monoisotopic (exact) mass is 450 g/mol. The van der Waals surface area contributed by atoms with Gasteiger partial charge in [-0.15, -0.1) is 0 Å². The molecule has 2 atom stereocenters. The minimum absolute atomic E-state index is 0.185. The van der Waals surface area contributed by atoms with Gasteiger partial charge in [-0.1, -0.05) is 12.1 Å². The first kappa shape index (κ1) is 21.1. The van der Waals surface area contributed by atoms with Crippen molar-refractivity contribution in [2.75, 3.05) is 11.4 Å². The number of hydrogen-bond donors (Lipinski definition) is 1. The van der Waals surface area contributed by atoms with Crippen LogP contribution in [-0.2, 0) is 19.9 Å². The Morgan fingerprint density at radius 2 is 1.83 bits per heavy atom. The Kier molecular flexibility index (Phi) is 5.32. The second-order valence-electron chi connectivity index (χ2n) is 8.06. The maximum atomic E-state index is 12.7. The number of fused-ring (bicyclic) bond motifs is 3. The molecular weight excluding hydrogens is 424 g/mol. The topological polar surface area (TPSA) is 92.8 Å². The number of anilines is 1. The Bertz CT molecular complexity index is 1180. The number of nitrogens with one attached hydrogen (secondary N) is 1. The van der Waals surface area contributed by atoms with Crippen molar-refractivity contribution in [3.05, 3.63) is 48.0 Å². The molecule has 9 heteroatoms. The van der Waals surface area contributed by atoms with Crippen molar-refractivity contribution in [2.45, 2.75) is 55.2 Å². The molecule has 0 aliphatic carbocycles. The quantitative estimate of drug-likeness (QED) is 0.748. The van der Waals surface area contributed by atoms with Gasteiger partial charge in [0.2, 0.25) is 10.0 Å². The van der Waals surface area contributed by atoms with Gasteiger partial charge in [-0.2, -0.15) is 4.72 Å². The lowest BCUT2D eigenvalue weighted by atomic mass is 10.1. The molecule has 30 heavy (non-hydrogen) atoms. The van der Waals surface area contributed by atoms with Crippen molar-refractivity contribution in [1.29, 1.82) is 0 Å². The summed E-state index contributed by atoms with van der Waals surface area (Å²) in [6, 6.07) is 11.9. The van der Waals surface area contributed by atoms with E-state index in [-0.39, 0.29) is 11.1 Å². The van der Waals surface area contributed by atoms with Crippen molar-refractivity contribution < 1.29 is 21.6 Å². The Morgan fingerprint density at radius 1 is 1.10 bits per heavy atom. The maximum absolute atomic E-state index is 12.7. The predicted molar refractivity (Wildman–Crippen MR) is 116 cm³/mol. The highest BCUT2D eigenvalue weighted by atomic mass is 32.2. The molecule has 1 fully saturated rings. The summed E-state index contributed by atoms with van der Waals surface area (Å²) in [5.74, 6) is 0.840. The molecule has 0 aromatic heterocycles. The number of nitrogens with zero attached hydrogens (tertiary/aromatic N) is 1. The lowest BCUT2D eigenvalue weighted by molar-refractivity contribution is 0.478. The molecule has 0 radical (unpaired) electrons. The fraction of sp³-hybridized carbons (Fsp3) is 0.429. The largest absolute Gasteiger partial charge is 0.457 e. The summed E-state index contributed by atoms with van der Waals surface area (Å²) < 4.78 is 59.0. The number of rotatable bonds is 5. The number of ether oxygens (including phenoxy) is 1. The molecule has 2 heterocycles. The van der Waals surface area contributed by atoms with Gasteiger partial charge < -0.3 is 9.64 Å². The van der Waals surface area contributed by atoms with Crippen molar-refractivity contribution in [1.82, 2.24) is 4.72 Å². The van der Waals surface area contributed by atoms with Crippen LogP contribution in [0.25, 0.3) is 0 Å². The lowest BCUT2D eigenvalue weighted by Gasteiger charge is -2.33. The van der Waals surface area contributed by atoms with Gasteiger partial charge in [0.05, 0.1) is 22.4 Å². The molecule has 0 bridgehead atoms. The third-order valence-electron chi connectivity index (χ3n) is 5.79. The van der Waals surface area contributed by atoms with Crippen LogP contribution < -0.4 is 14.4 Å². The van der Waals surface area contributed by atoms with E-state index in [1.807, 2.05) is 0 Å². The van der Waals surface area contributed by atoms with Crippen LogP contribution in [0.5, 0.6) is 11.5 Å². The summed E-state index contributed by atoms with van der Waals surface area (Å²) in [6.45, 7) is 5.81. The molecule has 1 saturated heterocycles. The van der Waals surface area contributed by atoms with Gasteiger partial charge in [0, 0.05) is 12.6 Å². The molecule has 0 saturated carbocycles. The minimum atomic E-state index is -3.61. The zero-order valence-electron chi connectivity index (χ0n) is 17.2. The standard InChI is InChI=1S/C21H26N2O5S2/c1-14(2)29(24,25)15(3)16-6-4-7-17(12-16)28-18-9-10-19-20(13-18)30(26,27)22-21-8-5-11-23(19)21/h4,6-7,9-10,12-15,21-22H,5,8,11H2,1-3H3. The normalized spacial score (nSPS) is 21.2. The Balaban J connectivity index is 1.64. The number of benzene rings is 2. The van der Waals surface area contributed by atoms with E-state index in [9.17, 15) is 16.8 Å². The van der Waals surface area contributed by atoms with Gasteiger partial charge in [-0.3, -0.25) is 0 Å². The van der Waals surface area contributed by atoms with Crippen LogP contribution in [0.2, 0.25) is 0 Å².